The zero-order chi connectivity index (χ0) is 9.10. The van der Waals surface area contributed by atoms with Crippen LogP contribution in [0.5, 0.6) is 0 Å². The van der Waals surface area contributed by atoms with E-state index in [1.807, 2.05) is 42.5 Å². The Hall–Kier alpha value is 0.292. The van der Waals surface area contributed by atoms with Crippen LogP contribution in [0.1, 0.15) is 0 Å². The molecule has 0 radical (unpaired) electrons. The van der Waals surface area contributed by atoms with Crippen LogP contribution in [-0.2, 0) is 0 Å². The minimum absolute atomic E-state index is 0. The standard InChI is InChI=1S/C12H11N.Cs.H/c13-12-8-6-11(7-9-12)10-4-2-1-3-5-10;;/h1-9H,13H2;;. The van der Waals surface area contributed by atoms with Crippen molar-refractivity contribution in [2.45, 2.75) is 0 Å². The molecule has 0 aliphatic rings. The number of nitrogen functional groups attached to an aromatic ring is 1. The molecule has 0 unspecified atom stereocenters. The van der Waals surface area contributed by atoms with Gasteiger partial charge in [-0.05, 0) is 23.3 Å². The Morgan fingerprint density at radius 2 is 1.14 bits per heavy atom. The predicted molar refractivity (Wildman–Crippen MR) is 63.4 cm³/mol. The van der Waals surface area contributed by atoms with E-state index in [1.54, 1.807) is 0 Å². The second kappa shape index (κ2) is 6.00. The van der Waals surface area contributed by atoms with Crippen molar-refractivity contribution in [1.29, 1.82) is 0 Å². The first-order valence-electron chi connectivity index (χ1n) is 4.27. The van der Waals surface area contributed by atoms with Crippen LogP contribution < -0.4 is 5.73 Å². The second-order valence-corrected chi connectivity index (χ2v) is 2.99. The van der Waals surface area contributed by atoms with Crippen molar-refractivity contribution in [2.75, 3.05) is 5.73 Å². The monoisotopic (exact) mass is 303 g/mol. The maximum absolute atomic E-state index is 5.60. The summed E-state index contributed by atoms with van der Waals surface area (Å²) in [6, 6.07) is 18.2. The van der Waals surface area contributed by atoms with Crippen LogP contribution >= 0.6 is 0 Å². The summed E-state index contributed by atoms with van der Waals surface area (Å²) < 4.78 is 0. The Bertz CT molecular complexity index is 381. The molecule has 0 aromatic heterocycles. The minimum atomic E-state index is 0. The van der Waals surface area contributed by atoms with E-state index < -0.39 is 0 Å². The van der Waals surface area contributed by atoms with Crippen molar-refractivity contribution in [3.63, 3.8) is 0 Å². The number of anilines is 1. The van der Waals surface area contributed by atoms with Crippen LogP contribution in [0.3, 0.4) is 0 Å². The van der Waals surface area contributed by atoms with E-state index in [0.29, 0.717) is 0 Å². The van der Waals surface area contributed by atoms with E-state index in [1.165, 1.54) is 11.1 Å². The summed E-state index contributed by atoms with van der Waals surface area (Å²) in [5.41, 5.74) is 8.84. The number of rotatable bonds is 1. The molecule has 0 bridgehead atoms. The first-order chi connectivity index (χ1) is 6.36. The first-order valence-corrected chi connectivity index (χ1v) is 4.27. The van der Waals surface area contributed by atoms with Crippen molar-refractivity contribution in [3.05, 3.63) is 54.6 Å². The molecule has 1 nitrogen and oxygen atoms in total. The normalized spacial score (nSPS) is 9.14. The van der Waals surface area contributed by atoms with Gasteiger partial charge in [-0.1, -0.05) is 42.5 Å². The van der Waals surface area contributed by atoms with E-state index in [9.17, 15) is 0 Å². The Labute approximate surface area is 143 Å². The van der Waals surface area contributed by atoms with Gasteiger partial charge in [-0.25, -0.2) is 0 Å². The molecule has 0 fully saturated rings. The van der Waals surface area contributed by atoms with Crippen molar-refractivity contribution >= 4 is 74.6 Å². The number of benzene rings is 2. The van der Waals surface area contributed by atoms with Crippen molar-refractivity contribution in [1.82, 2.24) is 0 Å². The molecule has 0 amide bonds. The van der Waals surface area contributed by atoms with Crippen LogP contribution in [0.25, 0.3) is 11.1 Å². The molecule has 2 N–H and O–H groups in total. The van der Waals surface area contributed by atoms with Gasteiger partial charge in [0.25, 0.3) is 0 Å². The Morgan fingerprint density at radius 3 is 1.71 bits per heavy atom. The first kappa shape index (κ1) is 12.4. The van der Waals surface area contributed by atoms with E-state index in [2.05, 4.69) is 12.1 Å². The van der Waals surface area contributed by atoms with Crippen LogP contribution in [0.15, 0.2) is 54.6 Å². The van der Waals surface area contributed by atoms with Crippen LogP contribution in [0.4, 0.5) is 5.69 Å². The number of hydrogen-bond acceptors (Lipinski definition) is 1. The summed E-state index contributed by atoms with van der Waals surface area (Å²) in [6.45, 7) is 0. The quantitative estimate of drug-likeness (QED) is 0.804. The fourth-order valence-corrected chi connectivity index (χ4v) is 1.31. The molecule has 2 heteroatoms. The van der Waals surface area contributed by atoms with Gasteiger partial charge < -0.3 is 5.73 Å². The summed E-state index contributed by atoms with van der Waals surface area (Å²) >= 11 is 0. The van der Waals surface area contributed by atoms with Gasteiger partial charge in [-0.15, -0.1) is 0 Å². The van der Waals surface area contributed by atoms with E-state index in [4.69, 9.17) is 5.73 Å². The number of nitrogens with two attached hydrogens (primary N) is 1. The van der Waals surface area contributed by atoms with Crippen molar-refractivity contribution in [2.24, 2.45) is 0 Å². The van der Waals surface area contributed by atoms with E-state index in [-0.39, 0.29) is 68.9 Å². The van der Waals surface area contributed by atoms with Crippen molar-refractivity contribution < 1.29 is 0 Å². The molecule has 2 aromatic rings. The molecule has 0 saturated heterocycles. The van der Waals surface area contributed by atoms with E-state index in [0.717, 1.165) is 5.69 Å². The van der Waals surface area contributed by atoms with Crippen LogP contribution in [-0.4, -0.2) is 68.9 Å². The topological polar surface area (TPSA) is 26.0 Å². The number of hydrogen-bond donors (Lipinski definition) is 1. The molecular weight excluding hydrogens is 291 g/mol. The SMILES string of the molecule is Nc1ccc(-c2ccccc2)cc1.[CsH]. The van der Waals surface area contributed by atoms with Gasteiger partial charge in [-0.2, -0.15) is 0 Å². The molecule has 66 valence electrons. The van der Waals surface area contributed by atoms with Crippen LogP contribution in [0, 0.1) is 0 Å². The van der Waals surface area contributed by atoms with Gasteiger partial charge in [0.1, 0.15) is 0 Å². The summed E-state index contributed by atoms with van der Waals surface area (Å²) in [5, 5.41) is 0. The fourth-order valence-electron chi connectivity index (χ4n) is 1.31. The molecule has 0 heterocycles. The van der Waals surface area contributed by atoms with Crippen molar-refractivity contribution in [3.8, 4) is 11.1 Å². The van der Waals surface area contributed by atoms with Gasteiger partial charge in [0, 0.05) is 5.69 Å². The maximum atomic E-state index is 5.60. The van der Waals surface area contributed by atoms with Gasteiger partial charge in [0.15, 0.2) is 0 Å². The van der Waals surface area contributed by atoms with Crippen LogP contribution in [0.2, 0.25) is 0 Å². The Kier molecular flexibility index (Phi) is 5.30. The molecular formula is C12H12CsN. The molecule has 0 aliphatic heterocycles. The van der Waals surface area contributed by atoms with E-state index >= 15 is 0 Å². The third kappa shape index (κ3) is 3.15. The summed E-state index contributed by atoms with van der Waals surface area (Å²) in [6.07, 6.45) is 0. The predicted octanol–water partition coefficient (Wildman–Crippen LogP) is 2.29. The summed E-state index contributed by atoms with van der Waals surface area (Å²) in [5.74, 6) is 0. The Balaban J connectivity index is 0.000000980. The molecule has 0 spiro atoms. The average molecular weight is 303 g/mol. The third-order valence-corrected chi connectivity index (χ3v) is 2.02. The molecule has 0 aliphatic carbocycles. The molecule has 2 rings (SSSR count). The van der Waals surface area contributed by atoms with Gasteiger partial charge in [0.05, 0.1) is 0 Å². The molecule has 14 heavy (non-hydrogen) atoms. The molecule has 0 atom stereocenters. The Morgan fingerprint density at radius 1 is 0.643 bits per heavy atom. The fraction of sp³-hybridized carbons (Fsp3) is 0. The van der Waals surface area contributed by atoms with Gasteiger partial charge in [-0.3, -0.25) is 0 Å². The average Bonchev–Trinajstić information content (AvgIpc) is 2.20. The second-order valence-electron chi connectivity index (χ2n) is 2.99. The zero-order valence-corrected chi connectivity index (χ0v) is 7.27. The zero-order valence-electron chi connectivity index (χ0n) is 7.27. The van der Waals surface area contributed by atoms with Gasteiger partial charge in [0.2, 0.25) is 0 Å². The third-order valence-electron chi connectivity index (χ3n) is 2.02. The molecule has 2 aromatic carbocycles. The summed E-state index contributed by atoms with van der Waals surface area (Å²) in [4.78, 5) is 0. The van der Waals surface area contributed by atoms with Gasteiger partial charge >= 0.3 is 68.9 Å². The summed E-state index contributed by atoms with van der Waals surface area (Å²) in [7, 11) is 0. The molecule has 0 saturated carbocycles.